The summed E-state index contributed by atoms with van der Waals surface area (Å²) >= 11 is 0. The smallest absolute Gasteiger partial charge is 0.270 e. The molecule has 0 radical (unpaired) electrons. The van der Waals surface area contributed by atoms with E-state index in [1.807, 2.05) is 28.8 Å². The minimum atomic E-state index is -2.90. The molecular formula is C24H22F2N4O2. The third kappa shape index (κ3) is 4.39. The van der Waals surface area contributed by atoms with Crippen molar-refractivity contribution in [3.05, 3.63) is 83.4 Å². The van der Waals surface area contributed by atoms with Gasteiger partial charge in [-0.3, -0.25) is 4.79 Å². The summed E-state index contributed by atoms with van der Waals surface area (Å²) in [5.41, 5.74) is 8.71. The monoisotopic (exact) mass is 436 g/mol. The Morgan fingerprint density at radius 3 is 2.38 bits per heavy atom. The second-order valence-electron chi connectivity index (χ2n) is 7.53. The van der Waals surface area contributed by atoms with Crippen molar-refractivity contribution in [1.29, 1.82) is 0 Å². The maximum Gasteiger partial charge on any atom is 0.270 e. The maximum atomic E-state index is 13.6. The molecule has 3 N–H and O–H groups in total. The van der Waals surface area contributed by atoms with Crippen LogP contribution in [0, 0.1) is 0 Å². The number of carbonyl (C=O) groups excluding carboxylic acids is 1. The maximum absolute atomic E-state index is 13.6. The summed E-state index contributed by atoms with van der Waals surface area (Å²) in [6.45, 7) is 1.26. The number of amides is 1. The van der Waals surface area contributed by atoms with Gasteiger partial charge in [0.2, 0.25) is 11.9 Å². The van der Waals surface area contributed by atoms with Crippen LogP contribution in [0.4, 0.5) is 20.4 Å². The molecule has 3 aromatic carbocycles. The van der Waals surface area contributed by atoms with Crippen LogP contribution in [0.15, 0.2) is 66.7 Å². The van der Waals surface area contributed by atoms with Crippen molar-refractivity contribution in [1.82, 2.24) is 9.55 Å². The van der Waals surface area contributed by atoms with Gasteiger partial charge in [0.15, 0.2) is 0 Å². The highest BCUT2D eigenvalue weighted by molar-refractivity contribution is 5.96. The van der Waals surface area contributed by atoms with Crippen LogP contribution >= 0.6 is 0 Å². The molecule has 4 aromatic rings. The van der Waals surface area contributed by atoms with Crippen LogP contribution in [0.3, 0.4) is 0 Å². The van der Waals surface area contributed by atoms with Crippen LogP contribution in [0.2, 0.25) is 0 Å². The first-order valence-corrected chi connectivity index (χ1v) is 9.93. The van der Waals surface area contributed by atoms with E-state index in [4.69, 9.17) is 10.5 Å². The summed E-state index contributed by atoms with van der Waals surface area (Å²) in [7, 11) is 1.60. The number of carbonyl (C=O) groups is 1. The molecule has 0 unspecified atom stereocenters. The normalized spacial score (nSPS) is 11.5. The lowest BCUT2D eigenvalue weighted by Gasteiger charge is -2.14. The Morgan fingerprint density at radius 1 is 1.09 bits per heavy atom. The molecule has 0 atom stereocenters. The number of rotatable bonds is 7. The second kappa shape index (κ2) is 8.30. The molecule has 0 aliphatic heterocycles. The largest absolute Gasteiger partial charge is 0.497 e. The van der Waals surface area contributed by atoms with E-state index >= 15 is 0 Å². The molecular weight excluding hydrogens is 414 g/mol. The van der Waals surface area contributed by atoms with E-state index in [0.29, 0.717) is 23.6 Å². The Bertz CT molecular complexity index is 1260. The van der Waals surface area contributed by atoms with Gasteiger partial charge in [-0.1, -0.05) is 24.3 Å². The number of anilines is 2. The van der Waals surface area contributed by atoms with E-state index in [1.165, 1.54) is 12.1 Å². The summed E-state index contributed by atoms with van der Waals surface area (Å²) in [6, 6.07) is 18.6. The lowest BCUT2D eigenvalue weighted by Crippen LogP contribution is -2.10. The van der Waals surface area contributed by atoms with Gasteiger partial charge in [-0.2, -0.15) is 0 Å². The zero-order chi connectivity index (χ0) is 22.9. The predicted molar refractivity (Wildman–Crippen MR) is 120 cm³/mol. The number of nitrogens with two attached hydrogens (primary N) is 1. The van der Waals surface area contributed by atoms with E-state index in [1.54, 1.807) is 37.4 Å². The van der Waals surface area contributed by atoms with Crippen LogP contribution in [-0.2, 0) is 12.5 Å². The molecule has 4 rings (SSSR count). The number of nitrogens with one attached hydrogen (secondary N) is 1. The van der Waals surface area contributed by atoms with Gasteiger partial charge < -0.3 is 20.4 Å². The molecule has 0 bridgehead atoms. The molecule has 1 aromatic heterocycles. The summed E-state index contributed by atoms with van der Waals surface area (Å²) in [5, 5.41) is 3.28. The van der Waals surface area contributed by atoms with Gasteiger partial charge in [-0.25, -0.2) is 13.8 Å². The standard InChI is InChI=1S/C24H22F2N4O2/c1-24(25,26)17-6-3-15(4-7-17)14-30-21-12-5-16(22(27)31)13-20(21)29-23(30)28-18-8-10-19(32-2)11-9-18/h3-13H,14H2,1-2H3,(H2,27,31)(H,28,29). The number of hydrogen-bond donors (Lipinski definition) is 2. The Kier molecular flexibility index (Phi) is 5.52. The molecule has 0 aliphatic rings. The zero-order valence-corrected chi connectivity index (χ0v) is 17.6. The van der Waals surface area contributed by atoms with Gasteiger partial charge in [0.05, 0.1) is 24.7 Å². The predicted octanol–water partition coefficient (Wildman–Crippen LogP) is 5.05. The van der Waals surface area contributed by atoms with Crippen LogP contribution in [0.5, 0.6) is 5.75 Å². The first-order chi connectivity index (χ1) is 15.2. The number of primary amides is 1. The van der Waals surface area contributed by atoms with Crippen LogP contribution in [0.25, 0.3) is 11.0 Å². The molecule has 8 heteroatoms. The average molecular weight is 436 g/mol. The number of aromatic nitrogens is 2. The van der Waals surface area contributed by atoms with Crippen molar-refractivity contribution in [3.8, 4) is 5.75 Å². The third-order valence-corrected chi connectivity index (χ3v) is 5.18. The van der Waals surface area contributed by atoms with Crippen LogP contribution < -0.4 is 15.8 Å². The lowest BCUT2D eigenvalue weighted by molar-refractivity contribution is 0.0174. The molecule has 32 heavy (non-hydrogen) atoms. The number of alkyl halides is 2. The summed E-state index contributed by atoms with van der Waals surface area (Å²) < 4.78 is 34.2. The van der Waals surface area contributed by atoms with E-state index in [-0.39, 0.29) is 5.56 Å². The summed E-state index contributed by atoms with van der Waals surface area (Å²) in [4.78, 5) is 16.2. The Morgan fingerprint density at radius 2 is 1.78 bits per heavy atom. The fraction of sp³-hybridized carbons (Fsp3) is 0.167. The molecule has 0 fully saturated rings. The number of ether oxygens (including phenoxy) is 1. The second-order valence-corrected chi connectivity index (χ2v) is 7.53. The third-order valence-electron chi connectivity index (χ3n) is 5.18. The number of imidazole rings is 1. The minimum Gasteiger partial charge on any atom is -0.497 e. The highest BCUT2D eigenvalue weighted by Gasteiger charge is 2.23. The molecule has 1 heterocycles. The highest BCUT2D eigenvalue weighted by Crippen LogP contribution is 2.29. The number of nitrogens with zero attached hydrogens (tertiary/aromatic N) is 2. The summed E-state index contributed by atoms with van der Waals surface area (Å²) in [5.74, 6) is -2.17. The van der Waals surface area contributed by atoms with Crippen molar-refractivity contribution < 1.29 is 18.3 Å². The first kappa shape index (κ1) is 21.3. The average Bonchev–Trinajstić information content (AvgIpc) is 3.10. The van der Waals surface area contributed by atoms with Crippen LogP contribution in [0.1, 0.15) is 28.4 Å². The Hall–Kier alpha value is -3.94. The minimum absolute atomic E-state index is 0.0422. The molecule has 0 saturated carbocycles. The van der Waals surface area contributed by atoms with E-state index in [0.717, 1.165) is 29.4 Å². The quantitative estimate of drug-likeness (QED) is 0.425. The van der Waals surface area contributed by atoms with Gasteiger partial charge in [0.25, 0.3) is 5.92 Å². The molecule has 6 nitrogen and oxygen atoms in total. The summed E-state index contributed by atoms with van der Waals surface area (Å²) in [6.07, 6.45) is 0. The van der Waals surface area contributed by atoms with Crippen molar-refractivity contribution >= 4 is 28.6 Å². The molecule has 0 saturated heterocycles. The van der Waals surface area contributed by atoms with Gasteiger partial charge in [0.1, 0.15) is 5.75 Å². The fourth-order valence-corrected chi connectivity index (χ4v) is 3.43. The van der Waals surface area contributed by atoms with Crippen molar-refractivity contribution in [3.63, 3.8) is 0 Å². The van der Waals surface area contributed by atoms with Crippen molar-refractivity contribution in [2.45, 2.75) is 19.4 Å². The van der Waals surface area contributed by atoms with Crippen molar-refractivity contribution in [2.75, 3.05) is 12.4 Å². The molecule has 164 valence electrons. The van der Waals surface area contributed by atoms with Gasteiger partial charge in [-0.05, 0) is 48.0 Å². The number of halogens is 2. The Labute approximate surface area is 183 Å². The topological polar surface area (TPSA) is 82.2 Å². The number of methoxy groups -OCH3 is 1. The molecule has 0 spiro atoms. The number of fused-ring (bicyclic) bond motifs is 1. The zero-order valence-electron chi connectivity index (χ0n) is 17.6. The molecule has 1 amide bonds. The SMILES string of the molecule is COc1ccc(Nc2nc3cc(C(N)=O)ccc3n2Cc2ccc(C(C)(F)F)cc2)cc1. The number of hydrogen-bond acceptors (Lipinski definition) is 4. The van der Waals surface area contributed by atoms with E-state index < -0.39 is 11.8 Å². The lowest BCUT2D eigenvalue weighted by atomic mass is 10.1. The highest BCUT2D eigenvalue weighted by atomic mass is 19.3. The van der Waals surface area contributed by atoms with E-state index in [9.17, 15) is 13.6 Å². The first-order valence-electron chi connectivity index (χ1n) is 9.93. The number of benzene rings is 3. The van der Waals surface area contributed by atoms with Gasteiger partial charge in [-0.15, -0.1) is 0 Å². The van der Waals surface area contributed by atoms with Crippen molar-refractivity contribution in [2.24, 2.45) is 5.73 Å². The van der Waals surface area contributed by atoms with Crippen LogP contribution in [-0.4, -0.2) is 22.6 Å². The Balaban J connectivity index is 1.73. The van der Waals surface area contributed by atoms with Gasteiger partial charge in [0, 0.05) is 23.7 Å². The van der Waals surface area contributed by atoms with E-state index in [2.05, 4.69) is 10.3 Å². The molecule has 0 aliphatic carbocycles. The fourth-order valence-electron chi connectivity index (χ4n) is 3.43. The van der Waals surface area contributed by atoms with Gasteiger partial charge >= 0.3 is 0 Å².